The van der Waals surface area contributed by atoms with Gasteiger partial charge in [0, 0.05) is 69.6 Å². The molecule has 0 spiro atoms. The second-order valence-electron chi connectivity index (χ2n) is 15.7. The zero-order valence-corrected chi connectivity index (χ0v) is 33.5. The van der Waals surface area contributed by atoms with Gasteiger partial charge in [-0.15, -0.1) is 0 Å². The summed E-state index contributed by atoms with van der Waals surface area (Å²) in [6.45, 7) is 4.52. The van der Waals surface area contributed by atoms with Crippen molar-refractivity contribution in [2.45, 2.75) is 62.6 Å². The van der Waals surface area contributed by atoms with E-state index >= 15 is 0 Å². The number of ether oxygens (including phenoxy) is 1. The van der Waals surface area contributed by atoms with Crippen molar-refractivity contribution in [1.82, 2.24) is 36.2 Å². The van der Waals surface area contributed by atoms with Gasteiger partial charge in [0.2, 0.25) is 5.82 Å². The molecule has 2 aromatic heterocycles. The molecular weight excluding hydrogens is 765 g/mol. The number of amides is 4. The lowest BCUT2D eigenvalue weighted by molar-refractivity contribution is -0.136. The van der Waals surface area contributed by atoms with Crippen LogP contribution in [0.3, 0.4) is 0 Å². The van der Waals surface area contributed by atoms with Crippen LogP contribution in [0.15, 0.2) is 90.1 Å². The number of aliphatic imine (C=N–C) groups is 1. The standard InChI is InChI=1S/C44H52N10O6/c1-2-45-42(57)39-37(56)36(55)38(60-39)34-29-23-32-35(49-25-31(29)34)40(50-24-30(26-11-5-3-6-12-26)27-13-7-4-8-14-27)53-41(52-32)43(58)47-19-20-48-44(59)51-28-16-21-54(22-17-28)33-15-9-10-18-46-33/h3-15,18,25,28-31,34,36-39,55-56H,2,16-17,19-24H2,1H3,(H,45,57)(H,47,58)(H2,48,51,59)(H,50,52,53)/t29?,31-,34?,36-,37+,38+,39+/m1/s1. The van der Waals surface area contributed by atoms with Crippen molar-refractivity contribution >= 4 is 41.4 Å². The summed E-state index contributed by atoms with van der Waals surface area (Å²) in [4.78, 5) is 60.0. The van der Waals surface area contributed by atoms with Crippen LogP contribution in [0, 0.1) is 17.8 Å². The normalized spacial score (nSPS) is 24.5. The van der Waals surface area contributed by atoms with Gasteiger partial charge in [-0.25, -0.2) is 19.7 Å². The first-order valence-corrected chi connectivity index (χ1v) is 20.9. The summed E-state index contributed by atoms with van der Waals surface area (Å²) in [5.74, 6) is -0.134. The van der Waals surface area contributed by atoms with E-state index in [0.717, 1.165) is 42.9 Å². The fraction of sp³-hybridized carbons (Fsp3) is 0.432. The summed E-state index contributed by atoms with van der Waals surface area (Å²) >= 11 is 0. The Bertz CT molecular complexity index is 2100. The number of pyridine rings is 1. The van der Waals surface area contributed by atoms with Crippen molar-refractivity contribution in [3.63, 3.8) is 0 Å². The van der Waals surface area contributed by atoms with Crippen molar-refractivity contribution in [2.24, 2.45) is 22.7 Å². The number of hydrogen-bond donors (Lipinski definition) is 7. The van der Waals surface area contributed by atoms with E-state index in [1.807, 2.05) is 60.8 Å². The number of piperidine rings is 1. The number of likely N-dealkylation sites (N-methyl/N-ethyl adjacent to an activating group) is 1. The van der Waals surface area contributed by atoms with Crippen LogP contribution in [-0.4, -0.2) is 119 Å². The van der Waals surface area contributed by atoms with E-state index in [-0.39, 0.29) is 54.7 Å². The summed E-state index contributed by atoms with van der Waals surface area (Å²) in [6.07, 6.45) is 1.02. The third kappa shape index (κ3) is 9.10. The molecule has 16 nitrogen and oxygen atoms in total. The van der Waals surface area contributed by atoms with Crippen molar-refractivity contribution in [3.8, 4) is 0 Å². The molecule has 0 radical (unpaired) electrons. The number of fused-ring (bicyclic) bond motifs is 2. The zero-order valence-electron chi connectivity index (χ0n) is 33.5. The first kappa shape index (κ1) is 40.8. The van der Waals surface area contributed by atoms with Gasteiger partial charge in [-0.05, 0) is 61.3 Å². The molecule has 3 aliphatic heterocycles. The van der Waals surface area contributed by atoms with Gasteiger partial charge in [0.1, 0.15) is 23.7 Å². The van der Waals surface area contributed by atoms with Crippen LogP contribution in [0.4, 0.5) is 22.1 Å². The van der Waals surface area contributed by atoms with Crippen LogP contribution >= 0.6 is 0 Å². The van der Waals surface area contributed by atoms with Gasteiger partial charge < -0.3 is 46.4 Å². The Morgan fingerprint density at radius 2 is 1.57 bits per heavy atom. The highest BCUT2D eigenvalue weighted by Crippen LogP contribution is 2.55. The van der Waals surface area contributed by atoms with Crippen LogP contribution in [-0.2, 0) is 16.0 Å². The quantitative estimate of drug-likeness (QED) is 0.0919. The Morgan fingerprint density at radius 3 is 2.25 bits per heavy atom. The van der Waals surface area contributed by atoms with E-state index < -0.39 is 36.2 Å². The molecule has 2 saturated heterocycles. The highest BCUT2D eigenvalue weighted by atomic mass is 16.5. The topological polar surface area (TPSA) is 215 Å². The first-order chi connectivity index (χ1) is 29.3. The third-order valence-corrected chi connectivity index (χ3v) is 11.9. The van der Waals surface area contributed by atoms with E-state index in [2.05, 4.69) is 60.7 Å². The van der Waals surface area contributed by atoms with Gasteiger partial charge in [0.05, 0.1) is 11.8 Å². The molecule has 4 aliphatic rings. The number of urea groups is 1. The van der Waals surface area contributed by atoms with Crippen LogP contribution < -0.4 is 31.5 Å². The van der Waals surface area contributed by atoms with E-state index in [9.17, 15) is 24.6 Å². The lowest BCUT2D eigenvalue weighted by Crippen LogP contribution is -2.49. The van der Waals surface area contributed by atoms with Gasteiger partial charge in [0.15, 0.2) is 11.9 Å². The van der Waals surface area contributed by atoms with Crippen molar-refractivity contribution < 1.29 is 29.3 Å². The van der Waals surface area contributed by atoms with Gasteiger partial charge in [-0.1, -0.05) is 66.7 Å². The highest BCUT2D eigenvalue weighted by molar-refractivity contribution is 5.92. The average Bonchev–Trinajstić information content (AvgIpc) is 3.92. The molecule has 16 heteroatoms. The Kier molecular flexibility index (Phi) is 12.6. The molecule has 1 aliphatic carbocycles. The molecule has 7 N–H and O–H groups in total. The Labute approximate surface area is 348 Å². The Hall–Kier alpha value is -5.97. The van der Waals surface area contributed by atoms with Crippen LogP contribution in [0.1, 0.15) is 53.1 Å². The second kappa shape index (κ2) is 18.5. The van der Waals surface area contributed by atoms with Crippen molar-refractivity contribution in [2.75, 3.05) is 49.5 Å². The SMILES string of the molecule is CCNC(=O)[C@H]1O[C@@H](C2C3Cc4nc(C(=O)NCCNC(=O)NC5CCN(c6ccccn6)CC5)nc(NCC(c5ccccc5)c5ccccc5)c4N=C[C@H]32)[C@H](O)[C@@H]1O. The zero-order chi connectivity index (χ0) is 41.6. The molecule has 7 atom stereocenters. The fourth-order valence-corrected chi connectivity index (χ4v) is 8.73. The summed E-state index contributed by atoms with van der Waals surface area (Å²) in [6, 6.07) is 25.9. The Morgan fingerprint density at radius 1 is 0.867 bits per heavy atom. The molecule has 314 valence electrons. The smallest absolute Gasteiger partial charge is 0.315 e. The number of nitrogens with one attached hydrogen (secondary N) is 5. The second-order valence-corrected chi connectivity index (χ2v) is 15.7. The number of rotatable bonds is 14. The molecule has 4 aromatic rings. The molecule has 4 amide bonds. The van der Waals surface area contributed by atoms with E-state index in [0.29, 0.717) is 36.7 Å². The minimum absolute atomic E-state index is 0.0331. The van der Waals surface area contributed by atoms with Crippen LogP contribution in [0.2, 0.25) is 0 Å². The maximum Gasteiger partial charge on any atom is 0.315 e. The lowest BCUT2D eigenvalue weighted by Gasteiger charge is -2.33. The number of carbonyl (C=O) groups excluding carboxylic acids is 3. The summed E-state index contributed by atoms with van der Waals surface area (Å²) in [5.41, 5.74) is 3.29. The van der Waals surface area contributed by atoms with Crippen LogP contribution in [0.25, 0.3) is 0 Å². The first-order valence-electron chi connectivity index (χ1n) is 20.9. The molecular formula is C44H52N10O6. The summed E-state index contributed by atoms with van der Waals surface area (Å²) in [5, 5.41) is 36.6. The number of nitrogens with zero attached hydrogens (tertiary/aromatic N) is 5. The van der Waals surface area contributed by atoms with Gasteiger partial charge in [-0.2, -0.15) is 0 Å². The fourth-order valence-electron chi connectivity index (χ4n) is 8.73. The maximum absolute atomic E-state index is 13.7. The number of anilines is 2. The minimum Gasteiger partial charge on any atom is -0.388 e. The number of aliphatic hydroxyl groups excluding tert-OH is 2. The maximum atomic E-state index is 13.7. The third-order valence-electron chi connectivity index (χ3n) is 11.9. The van der Waals surface area contributed by atoms with E-state index in [1.165, 1.54) is 0 Å². The molecule has 3 fully saturated rings. The number of aromatic nitrogens is 3. The van der Waals surface area contributed by atoms with Gasteiger partial charge in [-0.3, -0.25) is 14.6 Å². The molecule has 0 bridgehead atoms. The monoisotopic (exact) mass is 816 g/mol. The number of hydrogen-bond acceptors (Lipinski definition) is 12. The average molecular weight is 817 g/mol. The molecule has 60 heavy (non-hydrogen) atoms. The summed E-state index contributed by atoms with van der Waals surface area (Å²) in [7, 11) is 0. The predicted molar refractivity (Wildman–Crippen MR) is 225 cm³/mol. The summed E-state index contributed by atoms with van der Waals surface area (Å²) < 4.78 is 5.99. The van der Waals surface area contributed by atoms with Crippen molar-refractivity contribution in [1.29, 1.82) is 0 Å². The lowest BCUT2D eigenvalue weighted by atomic mass is 9.91. The largest absolute Gasteiger partial charge is 0.388 e. The number of benzene rings is 2. The van der Waals surface area contributed by atoms with Crippen molar-refractivity contribution in [3.05, 3.63) is 108 Å². The van der Waals surface area contributed by atoms with E-state index in [4.69, 9.17) is 19.7 Å². The highest BCUT2D eigenvalue weighted by Gasteiger charge is 2.61. The van der Waals surface area contributed by atoms with Crippen LogP contribution in [0.5, 0.6) is 0 Å². The van der Waals surface area contributed by atoms with Gasteiger partial charge >= 0.3 is 6.03 Å². The minimum atomic E-state index is -1.36. The Balaban J connectivity index is 0.942. The number of carbonyl (C=O) groups is 3. The molecule has 5 heterocycles. The predicted octanol–water partition coefficient (Wildman–Crippen LogP) is 2.56. The molecule has 2 unspecified atom stereocenters. The molecule has 1 saturated carbocycles. The van der Waals surface area contributed by atoms with Gasteiger partial charge in [0.25, 0.3) is 11.8 Å². The number of aliphatic hydroxyl groups is 2. The molecule has 2 aromatic carbocycles. The van der Waals surface area contributed by atoms with E-state index in [1.54, 1.807) is 13.1 Å². The molecule has 8 rings (SSSR count).